The van der Waals surface area contributed by atoms with E-state index in [-0.39, 0.29) is 12.5 Å². The quantitative estimate of drug-likeness (QED) is 0.0272. The van der Waals surface area contributed by atoms with Crippen LogP contribution < -0.4 is 10.2 Å². The molecule has 0 heterocycles. The van der Waals surface area contributed by atoms with E-state index in [9.17, 15) is 19.4 Å². The van der Waals surface area contributed by atoms with Crippen molar-refractivity contribution in [3.63, 3.8) is 0 Å². The van der Waals surface area contributed by atoms with Crippen LogP contribution in [0.4, 0.5) is 0 Å². The van der Waals surface area contributed by atoms with Gasteiger partial charge in [0.1, 0.15) is 13.2 Å². The molecule has 0 saturated heterocycles. The van der Waals surface area contributed by atoms with E-state index in [4.69, 9.17) is 9.05 Å². The highest BCUT2D eigenvalue weighted by Gasteiger charge is 2.23. The molecule has 3 atom stereocenters. The van der Waals surface area contributed by atoms with Crippen molar-refractivity contribution in [3.8, 4) is 0 Å². The van der Waals surface area contributed by atoms with E-state index in [1.807, 2.05) is 27.2 Å². The second-order valence-corrected chi connectivity index (χ2v) is 21.7. The van der Waals surface area contributed by atoms with Gasteiger partial charge in [-0.15, -0.1) is 0 Å². The summed E-state index contributed by atoms with van der Waals surface area (Å²) in [4.78, 5) is 25.5. The van der Waals surface area contributed by atoms with Crippen molar-refractivity contribution in [3.05, 3.63) is 60.8 Å². The number of carbonyl (C=O) groups is 1. The fraction of sp³-hybridized carbons (Fsp3) is 0.810. The SMILES string of the molecule is CCCCCCCCCCC/C=C\C/C=C\CCCCCCCCCCCC(=O)NC(COP(=O)([O-])OCC[N+](C)(C)C)C(O)/C=C/CC/C=C/CC/C=C/CCCCCCCCCCCC. The third-order valence-electron chi connectivity index (χ3n) is 12.4. The van der Waals surface area contributed by atoms with Gasteiger partial charge in [0.15, 0.2) is 0 Å². The van der Waals surface area contributed by atoms with E-state index in [1.54, 1.807) is 6.08 Å². The first kappa shape index (κ1) is 65.2. The summed E-state index contributed by atoms with van der Waals surface area (Å²) in [5.74, 6) is -0.215. The molecule has 8 nitrogen and oxygen atoms in total. The average Bonchev–Trinajstić information content (AvgIpc) is 3.29. The standard InChI is InChI=1S/C58H109N2O6P/c1-6-8-10-12-14-16-18-20-22-24-26-28-29-30-31-32-34-36-38-40-42-44-46-48-50-52-58(62)59-56(55-66-67(63,64)65-54-53-60(3,4)5)57(61)51-49-47-45-43-41-39-37-35-33-27-25-23-21-19-17-15-13-11-9-7-2/h26,28,30-31,33,35,41,43,49,51,56-57,61H,6-25,27,29,32,34,36-40,42,44-48,50,52-55H2,1-5H3,(H-,59,62,63,64)/b28-26-,31-30-,35-33+,43-41+,51-49+. The number of hydrogen-bond donors (Lipinski definition) is 2. The van der Waals surface area contributed by atoms with E-state index in [0.717, 1.165) is 51.4 Å². The molecule has 67 heavy (non-hydrogen) atoms. The molecule has 0 aromatic heterocycles. The number of phosphoric acid groups is 1. The number of hydrogen-bond acceptors (Lipinski definition) is 6. The smallest absolute Gasteiger partial charge is 0.268 e. The predicted octanol–water partition coefficient (Wildman–Crippen LogP) is 16.3. The van der Waals surface area contributed by atoms with Gasteiger partial charge in [-0.05, 0) is 77.0 Å². The molecule has 0 spiro atoms. The molecule has 0 aromatic carbocycles. The largest absolute Gasteiger partial charge is 0.756 e. The molecule has 0 bridgehead atoms. The maximum Gasteiger partial charge on any atom is 0.268 e. The highest BCUT2D eigenvalue weighted by molar-refractivity contribution is 7.45. The van der Waals surface area contributed by atoms with Gasteiger partial charge in [0.05, 0.1) is 39.9 Å². The van der Waals surface area contributed by atoms with Gasteiger partial charge in [0, 0.05) is 6.42 Å². The lowest BCUT2D eigenvalue weighted by molar-refractivity contribution is -0.870. The van der Waals surface area contributed by atoms with Gasteiger partial charge in [0.2, 0.25) is 5.91 Å². The Morgan fingerprint density at radius 1 is 0.522 bits per heavy atom. The second kappa shape index (κ2) is 49.2. The Morgan fingerprint density at radius 3 is 1.30 bits per heavy atom. The number of phosphoric ester groups is 1. The van der Waals surface area contributed by atoms with Crippen LogP contribution in [0.15, 0.2) is 60.8 Å². The van der Waals surface area contributed by atoms with E-state index >= 15 is 0 Å². The van der Waals surface area contributed by atoms with Crippen LogP contribution in [-0.4, -0.2) is 68.5 Å². The molecular formula is C58H109N2O6P. The molecule has 3 unspecified atom stereocenters. The molecule has 392 valence electrons. The molecular weight excluding hydrogens is 852 g/mol. The highest BCUT2D eigenvalue weighted by atomic mass is 31.2. The Hall–Kier alpha value is -1.80. The van der Waals surface area contributed by atoms with Gasteiger partial charge in [-0.25, -0.2) is 0 Å². The van der Waals surface area contributed by atoms with Gasteiger partial charge in [0.25, 0.3) is 7.82 Å². The molecule has 0 aromatic rings. The monoisotopic (exact) mass is 961 g/mol. The Morgan fingerprint density at radius 2 is 0.881 bits per heavy atom. The number of quaternary nitrogens is 1. The minimum absolute atomic E-state index is 0.0116. The summed E-state index contributed by atoms with van der Waals surface area (Å²) in [5.41, 5.74) is 0. The first-order chi connectivity index (χ1) is 32.5. The number of allylic oxidation sites excluding steroid dienone is 9. The highest BCUT2D eigenvalue weighted by Crippen LogP contribution is 2.38. The lowest BCUT2D eigenvalue weighted by Gasteiger charge is -2.29. The Labute approximate surface area is 415 Å². The Balaban J connectivity index is 4.31. The molecule has 0 aliphatic heterocycles. The number of unbranched alkanes of at least 4 members (excludes halogenated alkanes) is 30. The lowest BCUT2D eigenvalue weighted by atomic mass is 10.1. The summed E-state index contributed by atoms with van der Waals surface area (Å²) in [6.45, 7) is 4.63. The molecule has 2 N–H and O–H groups in total. The third-order valence-corrected chi connectivity index (χ3v) is 13.4. The van der Waals surface area contributed by atoms with Crippen molar-refractivity contribution in [1.29, 1.82) is 0 Å². The zero-order chi connectivity index (χ0) is 49.2. The molecule has 1 amide bonds. The molecule has 9 heteroatoms. The number of amides is 1. The molecule has 0 rings (SSSR count). The first-order valence-corrected chi connectivity index (χ1v) is 29.6. The topological polar surface area (TPSA) is 108 Å². The first-order valence-electron chi connectivity index (χ1n) is 28.2. The normalized spacial score (nSPS) is 14.4. The van der Waals surface area contributed by atoms with Gasteiger partial charge in [-0.2, -0.15) is 0 Å². The van der Waals surface area contributed by atoms with Crippen molar-refractivity contribution in [2.75, 3.05) is 40.9 Å². The Kier molecular flexibility index (Phi) is 47.9. The van der Waals surface area contributed by atoms with Crippen LogP contribution in [0.1, 0.15) is 251 Å². The maximum absolute atomic E-state index is 12.9. The fourth-order valence-corrected chi connectivity index (χ4v) is 8.70. The summed E-state index contributed by atoms with van der Waals surface area (Å²) in [6, 6.07) is -0.915. The zero-order valence-corrected chi connectivity index (χ0v) is 45.5. The van der Waals surface area contributed by atoms with Crippen LogP contribution in [0.25, 0.3) is 0 Å². The molecule has 0 fully saturated rings. The van der Waals surface area contributed by atoms with Crippen LogP contribution in [0.5, 0.6) is 0 Å². The number of rotatable bonds is 51. The second-order valence-electron chi connectivity index (χ2n) is 20.3. The average molecular weight is 961 g/mol. The van der Waals surface area contributed by atoms with E-state index in [2.05, 4.69) is 67.8 Å². The lowest BCUT2D eigenvalue weighted by Crippen LogP contribution is -2.45. The summed E-state index contributed by atoms with van der Waals surface area (Å²) in [6.07, 6.45) is 65.8. The number of aliphatic hydroxyl groups is 1. The van der Waals surface area contributed by atoms with Crippen LogP contribution >= 0.6 is 7.82 Å². The van der Waals surface area contributed by atoms with Crippen LogP contribution in [0.2, 0.25) is 0 Å². The summed E-state index contributed by atoms with van der Waals surface area (Å²) in [7, 11) is 1.23. The Bertz CT molecular complexity index is 1270. The summed E-state index contributed by atoms with van der Waals surface area (Å²) in [5, 5.41) is 13.8. The van der Waals surface area contributed by atoms with E-state index < -0.39 is 26.6 Å². The predicted molar refractivity (Wildman–Crippen MR) is 288 cm³/mol. The number of carbonyl (C=O) groups excluding carboxylic acids is 1. The van der Waals surface area contributed by atoms with Crippen LogP contribution in [0, 0.1) is 0 Å². The minimum atomic E-state index is -4.61. The third kappa shape index (κ3) is 51.9. The molecule has 0 aliphatic rings. The number of nitrogens with zero attached hydrogens (tertiary/aromatic N) is 1. The van der Waals surface area contributed by atoms with Crippen LogP contribution in [0.3, 0.4) is 0 Å². The van der Waals surface area contributed by atoms with Gasteiger partial charge >= 0.3 is 0 Å². The van der Waals surface area contributed by atoms with Gasteiger partial charge < -0.3 is 28.8 Å². The van der Waals surface area contributed by atoms with Crippen molar-refractivity contribution >= 4 is 13.7 Å². The van der Waals surface area contributed by atoms with Crippen molar-refractivity contribution in [2.45, 2.75) is 264 Å². The maximum atomic E-state index is 12.9. The number of likely N-dealkylation sites (N-methyl/N-ethyl adjacent to an activating group) is 1. The zero-order valence-electron chi connectivity index (χ0n) is 44.6. The number of aliphatic hydroxyl groups excluding tert-OH is 1. The minimum Gasteiger partial charge on any atom is -0.756 e. The molecule has 0 saturated carbocycles. The van der Waals surface area contributed by atoms with Crippen molar-refractivity contribution < 1.29 is 32.9 Å². The summed E-state index contributed by atoms with van der Waals surface area (Å²) < 4.78 is 23.3. The van der Waals surface area contributed by atoms with E-state index in [0.29, 0.717) is 17.4 Å². The fourth-order valence-electron chi connectivity index (χ4n) is 7.98. The molecule has 0 aliphatic carbocycles. The summed E-state index contributed by atoms with van der Waals surface area (Å²) >= 11 is 0. The van der Waals surface area contributed by atoms with Gasteiger partial charge in [-0.1, -0.05) is 229 Å². The van der Waals surface area contributed by atoms with Crippen LogP contribution in [-0.2, 0) is 18.4 Å². The molecule has 0 radical (unpaired) electrons. The van der Waals surface area contributed by atoms with Gasteiger partial charge in [-0.3, -0.25) is 9.36 Å². The number of nitrogens with one attached hydrogen (secondary N) is 1. The van der Waals surface area contributed by atoms with Crippen molar-refractivity contribution in [2.24, 2.45) is 0 Å². The van der Waals surface area contributed by atoms with E-state index in [1.165, 1.54) is 180 Å². The van der Waals surface area contributed by atoms with Crippen molar-refractivity contribution in [1.82, 2.24) is 5.32 Å².